The highest BCUT2D eigenvalue weighted by atomic mass is 15.1. The second kappa shape index (κ2) is 7.24. The van der Waals surface area contributed by atoms with Crippen molar-refractivity contribution in [2.45, 2.75) is 70.9 Å². The van der Waals surface area contributed by atoms with Gasteiger partial charge in [-0.3, -0.25) is 0 Å². The van der Waals surface area contributed by atoms with E-state index >= 15 is 0 Å². The van der Waals surface area contributed by atoms with Crippen molar-refractivity contribution in [3.8, 4) is 0 Å². The van der Waals surface area contributed by atoms with Gasteiger partial charge in [0, 0.05) is 12.1 Å². The lowest BCUT2D eigenvalue weighted by atomic mass is 10.1. The lowest BCUT2D eigenvalue weighted by Gasteiger charge is -2.28. The van der Waals surface area contributed by atoms with E-state index in [1.54, 1.807) is 0 Å². The van der Waals surface area contributed by atoms with Crippen molar-refractivity contribution in [3.63, 3.8) is 0 Å². The molecule has 0 radical (unpaired) electrons. The predicted octanol–water partition coefficient (Wildman–Crippen LogP) is 2.77. The van der Waals surface area contributed by atoms with E-state index in [1.807, 2.05) is 0 Å². The molecule has 2 nitrogen and oxygen atoms in total. The van der Waals surface area contributed by atoms with Crippen molar-refractivity contribution in [1.29, 1.82) is 0 Å². The zero-order valence-corrected chi connectivity index (χ0v) is 10.5. The smallest absolute Gasteiger partial charge is 0.00951 e. The molecule has 1 rings (SSSR count). The normalized spacial score (nSPS) is 20.0. The molecule has 0 aromatic rings. The van der Waals surface area contributed by atoms with Gasteiger partial charge in [-0.1, -0.05) is 33.1 Å². The van der Waals surface area contributed by atoms with E-state index < -0.39 is 0 Å². The lowest BCUT2D eigenvalue weighted by Crippen LogP contribution is -2.36. The van der Waals surface area contributed by atoms with Crippen LogP contribution in [0.25, 0.3) is 0 Å². The fraction of sp³-hybridized carbons (Fsp3) is 1.00. The maximum absolute atomic E-state index is 6.06. The van der Waals surface area contributed by atoms with Crippen molar-refractivity contribution in [2.75, 3.05) is 13.1 Å². The molecule has 0 aromatic heterocycles. The average Bonchev–Trinajstić information content (AvgIpc) is 2.72. The molecule has 0 heterocycles. The fourth-order valence-corrected chi connectivity index (χ4v) is 2.72. The summed E-state index contributed by atoms with van der Waals surface area (Å²) in [6.45, 7) is 6.91. The van der Waals surface area contributed by atoms with Crippen LogP contribution >= 0.6 is 0 Å². The van der Waals surface area contributed by atoms with Gasteiger partial charge in [0.2, 0.25) is 0 Å². The van der Waals surface area contributed by atoms with Crippen LogP contribution in [0.4, 0.5) is 0 Å². The predicted molar refractivity (Wildman–Crippen MR) is 67.0 cm³/mol. The number of hydrogen-bond acceptors (Lipinski definition) is 2. The Balaban J connectivity index is 2.20. The third kappa shape index (κ3) is 4.52. The first-order valence-corrected chi connectivity index (χ1v) is 6.77. The molecule has 1 unspecified atom stereocenters. The Morgan fingerprint density at radius 3 is 2.40 bits per heavy atom. The maximum Gasteiger partial charge on any atom is 0.00951 e. The van der Waals surface area contributed by atoms with Gasteiger partial charge >= 0.3 is 0 Å². The molecule has 0 aromatic carbocycles. The zero-order valence-electron chi connectivity index (χ0n) is 10.5. The number of hydrogen-bond donors (Lipinski definition) is 1. The molecule has 1 atom stereocenters. The molecule has 90 valence electrons. The molecule has 1 aliphatic rings. The van der Waals surface area contributed by atoms with E-state index in [9.17, 15) is 0 Å². The first kappa shape index (κ1) is 13.0. The molecular weight excluding hydrogens is 184 g/mol. The second-order valence-electron chi connectivity index (χ2n) is 4.90. The van der Waals surface area contributed by atoms with Crippen LogP contribution in [0.2, 0.25) is 0 Å². The molecule has 1 fully saturated rings. The Bertz CT molecular complexity index is 153. The standard InChI is InChI=1S/C13H28N2/c1-3-7-12(14)10-11-15(4-2)13-8-5-6-9-13/h12-13H,3-11,14H2,1-2H3. The van der Waals surface area contributed by atoms with E-state index in [0.717, 1.165) is 6.04 Å². The van der Waals surface area contributed by atoms with Crippen molar-refractivity contribution in [2.24, 2.45) is 5.73 Å². The van der Waals surface area contributed by atoms with E-state index in [-0.39, 0.29) is 0 Å². The second-order valence-corrected chi connectivity index (χ2v) is 4.90. The topological polar surface area (TPSA) is 29.3 Å². The number of nitrogens with two attached hydrogens (primary N) is 1. The zero-order chi connectivity index (χ0) is 11.1. The molecule has 2 N–H and O–H groups in total. The van der Waals surface area contributed by atoms with Gasteiger partial charge in [-0.2, -0.15) is 0 Å². The van der Waals surface area contributed by atoms with E-state index in [0.29, 0.717) is 6.04 Å². The quantitative estimate of drug-likeness (QED) is 0.703. The minimum Gasteiger partial charge on any atom is -0.328 e. The molecular formula is C13H28N2. The van der Waals surface area contributed by atoms with Crippen LogP contribution in [0.15, 0.2) is 0 Å². The Labute approximate surface area is 95.2 Å². The van der Waals surface area contributed by atoms with Crippen LogP contribution in [-0.2, 0) is 0 Å². The summed E-state index contributed by atoms with van der Waals surface area (Å²) in [4.78, 5) is 2.64. The molecule has 0 aliphatic heterocycles. The van der Waals surface area contributed by atoms with Gasteiger partial charge in [0.05, 0.1) is 0 Å². The van der Waals surface area contributed by atoms with Crippen molar-refractivity contribution < 1.29 is 0 Å². The lowest BCUT2D eigenvalue weighted by molar-refractivity contribution is 0.200. The average molecular weight is 212 g/mol. The minimum atomic E-state index is 0.422. The molecule has 0 amide bonds. The summed E-state index contributed by atoms with van der Waals surface area (Å²) in [5, 5.41) is 0. The molecule has 2 heteroatoms. The summed E-state index contributed by atoms with van der Waals surface area (Å²) in [6, 6.07) is 1.29. The van der Waals surface area contributed by atoms with Gasteiger partial charge in [-0.25, -0.2) is 0 Å². The van der Waals surface area contributed by atoms with Crippen molar-refractivity contribution in [1.82, 2.24) is 4.90 Å². The summed E-state index contributed by atoms with van der Waals surface area (Å²) >= 11 is 0. The largest absolute Gasteiger partial charge is 0.328 e. The van der Waals surface area contributed by atoms with Crippen LogP contribution in [-0.4, -0.2) is 30.1 Å². The molecule has 0 saturated heterocycles. The molecule has 1 aliphatic carbocycles. The monoisotopic (exact) mass is 212 g/mol. The van der Waals surface area contributed by atoms with Crippen molar-refractivity contribution in [3.05, 3.63) is 0 Å². The minimum absolute atomic E-state index is 0.422. The Hall–Kier alpha value is -0.0800. The summed E-state index contributed by atoms with van der Waals surface area (Å²) in [5.74, 6) is 0. The molecule has 0 bridgehead atoms. The molecule has 15 heavy (non-hydrogen) atoms. The Kier molecular flexibility index (Phi) is 6.26. The van der Waals surface area contributed by atoms with Gasteiger partial charge in [-0.15, -0.1) is 0 Å². The first-order valence-electron chi connectivity index (χ1n) is 6.77. The van der Waals surface area contributed by atoms with Crippen LogP contribution in [0.5, 0.6) is 0 Å². The maximum atomic E-state index is 6.06. The summed E-state index contributed by atoms with van der Waals surface area (Å²) in [5.41, 5.74) is 6.06. The Morgan fingerprint density at radius 1 is 1.20 bits per heavy atom. The molecule has 1 saturated carbocycles. The fourth-order valence-electron chi connectivity index (χ4n) is 2.72. The van der Waals surface area contributed by atoms with Gasteiger partial charge < -0.3 is 10.6 Å². The number of rotatable bonds is 7. The van der Waals surface area contributed by atoms with Gasteiger partial charge in [-0.05, 0) is 38.8 Å². The van der Waals surface area contributed by atoms with Crippen LogP contribution in [0, 0.1) is 0 Å². The highest BCUT2D eigenvalue weighted by Gasteiger charge is 2.21. The third-order valence-corrected chi connectivity index (χ3v) is 3.69. The summed E-state index contributed by atoms with van der Waals surface area (Å²) < 4.78 is 0. The third-order valence-electron chi connectivity index (χ3n) is 3.69. The van der Waals surface area contributed by atoms with Crippen LogP contribution < -0.4 is 5.73 Å². The van der Waals surface area contributed by atoms with E-state index in [1.165, 1.54) is 58.0 Å². The van der Waals surface area contributed by atoms with Gasteiger partial charge in [0.1, 0.15) is 0 Å². The van der Waals surface area contributed by atoms with E-state index in [4.69, 9.17) is 5.73 Å². The van der Waals surface area contributed by atoms with Crippen LogP contribution in [0.3, 0.4) is 0 Å². The highest BCUT2D eigenvalue weighted by molar-refractivity contribution is 4.77. The van der Waals surface area contributed by atoms with Crippen LogP contribution in [0.1, 0.15) is 58.8 Å². The van der Waals surface area contributed by atoms with Crippen molar-refractivity contribution >= 4 is 0 Å². The van der Waals surface area contributed by atoms with Gasteiger partial charge in [0.15, 0.2) is 0 Å². The molecule has 0 spiro atoms. The first-order chi connectivity index (χ1) is 7.27. The van der Waals surface area contributed by atoms with E-state index in [2.05, 4.69) is 18.7 Å². The number of nitrogens with zero attached hydrogens (tertiary/aromatic N) is 1. The summed E-state index contributed by atoms with van der Waals surface area (Å²) in [7, 11) is 0. The Morgan fingerprint density at radius 2 is 1.87 bits per heavy atom. The SMILES string of the molecule is CCCC(N)CCN(CC)C1CCCC1. The highest BCUT2D eigenvalue weighted by Crippen LogP contribution is 2.23. The van der Waals surface area contributed by atoms with Gasteiger partial charge in [0.25, 0.3) is 0 Å². The summed E-state index contributed by atoms with van der Waals surface area (Å²) in [6.07, 6.45) is 9.27.